The quantitative estimate of drug-likeness (QED) is 0.574. The number of nitrogens with one attached hydrogen (secondary N) is 1. The van der Waals surface area contributed by atoms with Gasteiger partial charge >= 0.3 is 0 Å². The van der Waals surface area contributed by atoms with Gasteiger partial charge in [0.2, 0.25) is 0 Å². The maximum atomic E-state index is 4.34. The summed E-state index contributed by atoms with van der Waals surface area (Å²) < 4.78 is 3.12. The van der Waals surface area contributed by atoms with Crippen LogP contribution in [0.25, 0.3) is 0 Å². The molecule has 0 saturated carbocycles. The summed E-state index contributed by atoms with van der Waals surface area (Å²) in [5.41, 5.74) is 1.28. The zero-order chi connectivity index (χ0) is 14.8. The molecule has 1 rings (SSSR count). The van der Waals surface area contributed by atoms with Crippen LogP contribution in [0.1, 0.15) is 76.9 Å². The van der Waals surface area contributed by atoms with Gasteiger partial charge in [0, 0.05) is 7.05 Å². The lowest BCUT2D eigenvalue weighted by Gasteiger charge is -2.19. The van der Waals surface area contributed by atoms with Crippen molar-refractivity contribution in [3.63, 3.8) is 0 Å². The van der Waals surface area contributed by atoms with Crippen LogP contribution >= 0.6 is 15.9 Å². The highest BCUT2D eigenvalue weighted by molar-refractivity contribution is 9.10. The van der Waals surface area contributed by atoms with Crippen molar-refractivity contribution in [2.75, 3.05) is 6.54 Å². The molecule has 1 unspecified atom stereocenters. The van der Waals surface area contributed by atoms with E-state index in [1.165, 1.54) is 57.1 Å². The fraction of sp³-hybridized carbons (Fsp3) is 0.812. The molecule has 0 amide bonds. The van der Waals surface area contributed by atoms with Crippen LogP contribution in [0.2, 0.25) is 0 Å². The second kappa shape index (κ2) is 10.4. The van der Waals surface area contributed by atoms with Crippen LogP contribution in [-0.2, 0) is 7.05 Å². The standard InChI is InChI=1S/C16H30BrN3/c1-4-6-7-8-9-10-11-15(18-12-5-2)16-14(17)13-19-20(16)3/h13,15,18H,4-12H2,1-3H3. The van der Waals surface area contributed by atoms with E-state index >= 15 is 0 Å². The molecule has 0 bridgehead atoms. The zero-order valence-corrected chi connectivity index (χ0v) is 14.9. The Bertz CT molecular complexity index is 343. The molecule has 0 aliphatic heterocycles. The third-order valence-electron chi connectivity index (χ3n) is 3.75. The molecule has 0 fully saturated rings. The molecule has 1 atom stereocenters. The van der Waals surface area contributed by atoms with Gasteiger partial charge in [-0.25, -0.2) is 0 Å². The van der Waals surface area contributed by atoms with E-state index in [1.54, 1.807) is 0 Å². The van der Waals surface area contributed by atoms with Crippen LogP contribution in [0.4, 0.5) is 0 Å². The van der Waals surface area contributed by atoms with Gasteiger partial charge in [-0.1, -0.05) is 52.4 Å². The fourth-order valence-corrected chi connectivity index (χ4v) is 3.22. The van der Waals surface area contributed by atoms with Gasteiger partial charge in [-0.3, -0.25) is 4.68 Å². The van der Waals surface area contributed by atoms with Crippen molar-refractivity contribution in [2.45, 2.75) is 71.3 Å². The normalized spacial score (nSPS) is 12.8. The Morgan fingerprint density at radius 3 is 2.45 bits per heavy atom. The first-order valence-electron chi connectivity index (χ1n) is 8.11. The van der Waals surface area contributed by atoms with Crippen molar-refractivity contribution in [1.29, 1.82) is 0 Å². The second-order valence-electron chi connectivity index (χ2n) is 5.56. The second-order valence-corrected chi connectivity index (χ2v) is 6.42. The maximum absolute atomic E-state index is 4.34. The molecule has 0 aliphatic carbocycles. The van der Waals surface area contributed by atoms with Gasteiger partial charge in [0.15, 0.2) is 0 Å². The minimum Gasteiger partial charge on any atom is -0.309 e. The van der Waals surface area contributed by atoms with Crippen molar-refractivity contribution in [3.05, 3.63) is 16.4 Å². The molecule has 0 aromatic carbocycles. The first kappa shape index (κ1) is 17.7. The van der Waals surface area contributed by atoms with Gasteiger partial charge in [0.1, 0.15) is 0 Å². The molecule has 3 nitrogen and oxygen atoms in total. The SMILES string of the molecule is CCCCCCCCC(NCCC)c1c(Br)cnn1C. The molecule has 116 valence electrons. The van der Waals surface area contributed by atoms with Crippen LogP contribution in [0.15, 0.2) is 10.7 Å². The van der Waals surface area contributed by atoms with Gasteiger partial charge in [0.25, 0.3) is 0 Å². The number of hydrogen-bond acceptors (Lipinski definition) is 2. The number of aryl methyl sites for hydroxylation is 1. The molecule has 0 spiro atoms. The summed E-state index contributed by atoms with van der Waals surface area (Å²) in [6.45, 7) is 5.55. The van der Waals surface area contributed by atoms with Crippen LogP contribution in [-0.4, -0.2) is 16.3 Å². The molecule has 0 radical (unpaired) electrons. The van der Waals surface area contributed by atoms with Crippen LogP contribution in [0, 0.1) is 0 Å². The van der Waals surface area contributed by atoms with Crippen molar-refractivity contribution >= 4 is 15.9 Å². The topological polar surface area (TPSA) is 29.9 Å². The number of hydrogen-bond donors (Lipinski definition) is 1. The van der Waals surface area contributed by atoms with Crippen LogP contribution in [0.5, 0.6) is 0 Å². The third-order valence-corrected chi connectivity index (χ3v) is 4.37. The van der Waals surface area contributed by atoms with Gasteiger partial charge in [-0.2, -0.15) is 5.10 Å². The number of rotatable bonds is 11. The lowest BCUT2D eigenvalue weighted by atomic mass is 10.0. The highest BCUT2D eigenvalue weighted by atomic mass is 79.9. The van der Waals surface area contributed by atoms with E-state index in [4.69, 9.17) is 0 Å². The summed E-state index contributed by atoms with van der Waals surface area (Å²) >= 11 is 3.63. The first-order valence-corrected chi connectivity index (χ1v) is 8.90. The van der Waals surface area contributed by atoms with Gasteiger partial charge in [-0.15, -0.1) is 0 Å². The van der Waals surface area contributed by atoms with Crippen molar-refractivity contribution < 1.29 is 0 Å². The highest BCUT2D eigenvalue weighted by Gasteiger charge is 2.17. The summed E-state index contributed by atoms with van der Waals surface area (Å²) in [6.07, 6.45) is 12.4. The van der Waals surface area contributed by atoms with Crippen molar-refractivity contribution in [1.82, 2.24) is 15.1 Å². The molecular weight excluding hydrogens is 314 g/mol. The molecule has 0 saturated heterocycles. The molecular formula is C16H30BrN3. The summed E-state index contributed by atoms with van der Waals surface area (Å²) in [5, 5.41) is 8.01. The van der Waals surface area contributed by atoms with Gasteiger partial charge in [0.05, 0.1) is 22.4 Å². The van der Waals surface area contributed by atoms with Gasteiger partial charge < -0.3 is 5.32 Å². The smallest absolute Gasteiger partial charge is 0.0692 e. The van der Waals surface area contributed by atoms with Crippen molar-refractivity contribution in [3.8, 4) is 0 Å². The number of aromatic nitrogens is 2. The zero-order valence-electron chi connectivity index (χ0n) is 13.3. The predicted octanol–water partition coefficient (Wildman–Crippen LogP) is 4.97. The first-order chi connectivity index (χ1) is 9.70. The minimum absolute atomic E-state index is 0.419. The largest absolute Gasteiger partial charge is 0.309 e. The molecule has 0 aliphatic rings. The Morgan fingerprint density at radius 2 is 1.85 bits per heavy atom. The van der Waals surface area contributed by atoms with Gasteiger partial charge in [-0.05, 0) is 35.3 Å². The monoisotopic (exact) mass is 343 g/mol. The van der Waals surface area contributed by atoms with E-state index in [0.717, 1.165) is 11.0 Å². The summed E-state index contributed by atoms with van der Waals surface area (Å²) in [4.78, 5) is 0. The van der Waals surface area contributed by atoms with E-state index in [0.29, 0.717) is 6.04 Å². The summed E-state index contributed by atoms with van der Waals surface area (Å²) in [6, 6.07) is 0.419. The van der Waals surface area contributed by atoms with E-state index in [1.807, 2.05) is 17.9 Å². The molecule has 1 heterocycles. The fourth-order valence-electron chi connectivity index (χ4n) is 2.59. The van der Waals surface area contributed by atoms with Crippen LogP contribution < -0.4 is 5.32 Å². The third kappa shape index (κ3) is 5.96. The van der Waals surface area contributed by atoms with E-state index in [9.17, 15) is 0 Å². The lowest BCUT2D eigenvalue weighted by molar-refractivity contribution is 0.442. The number of halogens is 1. The Labute approximate surface area is 132 Å². The van der Waals surface area contributed by atoms with E-state index < -0.39 is 0 Å². The summed E-state index contributed by atoms with van der Waals surface area (Å²) in [7, 11) is 2.03. The Morgan fingerprint density at radius 1 is 1.15 bits per heavy atom. The summed E-state index contributed by atoms with van der Waals surface area (Å²) in [5.74, 6) is 0. The average Bonchev–Trinajstić information content (AvgIpc) is 2.77. The van der Waals surface area contributed by atoms with E-state index in [-0.39, 0.29) is 0 Å². The molecule has 4 heteroatoms. The number of unbranched alkanes of at least 4 members (excludes halogenated alkanes) is 5. The van der Waals surface area contributed by atoms with Crippen LogP contribution in [0.3, 0.4) is 0 Å². The minimum atomic E-state index is 0.419. The Hall–Kier alpha value is -0.350. The Balaban J connectivity index is 2.44. The number of nitrogens with zero attached hydrogens (tertiary/aromatic N) is 2. The maximum Gasteiger partial charge on any atom is 0.0692 e. The predicted molar refractivity (Wildman–Crippen MR) is 89.9 cm³/mol. The molecule has 1 aromatic rings. The van der Waals surface area contributed by atoms with E-state index in [2.05, 4.69) is 40.2 Å². The molecule has 20 heavy (non-hydrogen) atoms. The van der Waals surface area contributed by atoms with Crippen molar-refractivity contribution in [2.24, 2.45) is 7.05 Å². The molecule has 1 aromatic heterocycles. The highest BCUT2D eigenvalue weighted by Crippen LogP contribution is 2.26. The average molecular weight is 344 g/mol. The molecule has 1 N–H and O–H groups in total. The lowest BCUT2D eigenvalue weighted by Crippen LogP contribution is -2.24. The Kier molecular flexibility index (Phi) is 9.19.